The molecule has 2 fully saturated rings. The molecule has 3 rings (SSSR count). The third-order valence-corrected chi connectivity index (χ3v) is 3.98. The van der Waals surface area contributed by atoms with Crippen molar-refractivity contribution in [2.75, 3.05) is 18.5 Å². The number of nitrogens with one attached hydrogen (secondary N) is 1. The van der Waals surface area contributed by atoms with E-state index in [1.165, 1.54) is 0 Å². The van der Waals surface area contributed by atoms with Crippen LogP contribution in [0.2, 0.25) is 0 Å². The Labute approximate surface area is 118 Å². The second-order valence-electron chi connectivity index (χ2n) is 5.71. The van der Waals surface area contributed by atoms with Gasteiger partial charge in [-0.2, -0.15) is 0 Å². The van der Waals surface area contributed by atoms with Crippen LogP contribution in [-0.4, -0.2) is 24.7 Å². The zero-order valence-corrected chi connectivity index (χ0v) is 11.6. The summed E-state index contributed by atoms with van der Waals surface area (Å²) >= 11 is 0. The second kappa shape index (κ2) is 5.16. The Morgan fingerprint density at radius 2 is 1.85 bits per heavy atom. The molecule has 1 aromatic carbocycles. The number of carbonyl (C=O) groups is 1. The van der Waals surface area contributed by atoms with E-state index in [9.17, 15) is 4.79 Å². The fraction of sp³-hybridized carbons (Fsp3) is 0.533. The van der Waals surface area contributed by atoms with Crippen LogP contribution in [-0.2, 0) is 14.3 Å². The Balaban J connectivity index is 1.64. The number of amides is 1. The zero-order valence-electron chi connectivity index (χ0n) is 11.6. The largest absolute Gasteiger partial charge is 0.346 e. The summed E-state index contributed by atoms with van der Waals surface area (Å²) < 4.78 is 10.8. The van der Waals surface area contributed by atoms with Crippen LogP contribution in [0, 0.1) is 5.92 Å². The summed E-state index contributed by atoms with van der Waals surface area (Å²) in [5, 5.41) is 2.88. The average molecular weight is 276 g/mol. The van der Waals surface area contributed by atoms with E-state index in [0.29, 0.717) is 19.1 Å². The van der Waals surface area contributed by atoms with E-state index in [1.54, 1.807) is 6.92 Å². The van der Waals surface area contributed by atoms with Crippen molar-refractivity contribution < 1.29 is 14.3 Å². The van der Waals surface area contributed by atoms with Gasteiger partial charge in [0.25, 0.3) is 0 Å². The molecule has 3 N–H and O–H groups in total. The van der Waals surface area contributed by atoms with Crippen LogP contribution in [0.1, 0.15) is 31.6 Å². The van der Waals surface area contributed by atoms with Crippen molar-refractivity contribution in [1.29, 1.82) is 0 Å². The fourth-order valence-corrected chi connectivity index (χ4v) is 2.41. The maximum atomic E-state index is 12.2. The summed E-state index contributed by atoms with van der Waals surface area (Å²) in [7, 11) is 0. The van der Waals surface area contributed by atoms with Crippen LogP contribution < -0.4 is 11.1 Å². The highest BCUT2D eigenvalue weighted by atomic mass is 16.7. The zero-order chi connectivity index (χ0) is 14.2. The lowest BCUT2D eigenvalue weighted by atomic mass is 9.96. The van der Waals surface area contributed by atoms with E-state index in [0.717, 1.165) is 24.1 Å². The number of benzene rings is 1. The van der Waals surface area contributed by atoms with Crippen molar-refractivity contribution >= 4 is 11.6 Å². The first kappa shape index (κ1) is 13.5. The van der Waals surface area contributed by atoms with E-state index in [4.69, 9.17) is 15.2 Å². The summed E-state index contributed by atoms with van der Waals surface area (Å²) in [6, 6.07) is 7.50. The van der Waals surface area contributed by atoms with Crippen LogP contribution in [0.15, 0.2) is 24.3 Å². The highest BCUT2D eigenvalue weighted by Crippen LogP contribution is 2.38. The standard InChI is InChI=1S/C15H20N2O3/c1-15(16,11-4-5-11)14(18)17-12-6-2-10(3-7-12)13-19-8-9-20-13/h2-3,6-7,11,13H,4-5,8-9,16H2,1H3,(H,17,18). The van der Waals surface area contributed by atoms with Gasteiger partial charge < -0.3 is 20.5 Å². The third-order valence-electron chi connectivity index (χ3n) is 3.98. The quantitative estimate of drug-likeness (QED) is 0.879. The maximum Gasteiger partial charge on any atom is 0.244 e. The summed E-state index contributed by atoms with van der Waals surface area (Å²) in [5.41, 5.74) is 7.01. The van der Waals surface area contributed by atoms with E-state index >= 15 is 0 Å². The second-order valence-corrected chi connectivity index (χ2v) is 5.71. The molecule has 1 unspecified atom stereocenters. The van der Waals surface area contributed by atoms with Gasteiger partial charge in [0.05, 0.1) is 18.8 Å². The van der Waals surface area contributed by atoms with Gasteiger partial charge in [-0.05, 0) is 37.8 Å². The summed E-state index contributed by atoms with van der Waals surface area (Å²) in [6.45, 7) is 3.04. The first-order chi connectivity index (χ1) is 9.57. The molecule has 1 amide bonds. The van der Waals surface area contributed by atoms with Gasteiger partial charge in [-0.25, -0.2) is 0 Å². The van der Waals surface area contributed by atoms with Gasteiger partial charge in [-0.3, -0.25) is 4.79 Å². The molecule has 20 heavy (non-hydrogen) atoms. The molecule has 0 radical (unpaired) electrons. The molecular weight excluding hydrogens is 256 g/mol. The molecule has 1 aliphatic carbocycles. The van der Waals surface area contributed by atoms with Gasteiger partial charge in [0.2, 0.25) is 5.91 Å². The normalized spacial score (nSPS) is 22.5. The van der Waals surface area contributed by atoms with Gasteiger partial charge in [0.1, 0.15) is 0 Å². The summed E-state index contributed by atoms with van der Waals surface area (Å²) in [5.74, 6) is 0.183. The molecule has 1 heterocycles. The fourth-order valence-electron chi connectivity index (χ4n) is 2.41. The molecule has 5 heteroatoms. The SMILES string of the molecule is CC(N)(C(=O)Nc1ccc(C2OCCO2)cc1)C1CC1. The van der Waals surface area contributed by atoms with Crippen molar-refractivity contribution in [3.05, 3.63) is 29.8 Å². The molecule has 0 bridgehead atoms. The Hall–Kier alpha value is -1.43. The minimum Gasteiger partial charge on any atom is -0.346 e. The van der Waals surface area contributed by atoms with Gasteiger partial charge in [0, 0.05) is 11.3 Å². The predicted molar refractivity (Wildman–Crippen MR) is 75.0 cm³/mol. The van der Waals surface area contributed by atoms with Crippen molar-refractivity contribution in [3.63, 3.8) is 0 Å². The van der Waals surface area contributed by atoms with E-state index < -0.39 is 5.54 Å². The Morgan fingerprint density at radius 1 is 1.25 bits per heavy atom. The first-order valence-corrected chi connectivity index (χ1v) is 7.01. The Morgan fingerprint density at radius 3 is 2.40 bits per heavy atom. The highest BCUT2D eigenvalue weighted by Gasteiger charge is 2.44. The molecule has 1 atom stereocenters. The number of hydrogen-bond acceptors (Lipinski definition) is 4. The van der Waals surface area contributed by atoms with Gasteiger partial charge in [-0.1, -0.05) is 12.1 Å². The molecule has 1 saturated carbocycles. The molecule has 0 spiro atoms. The van der Waals surface area contributed by atoms with Crippen LogP contribution in [0.5, 0.6) is 0 Å². The van der Waals surface area contributed by atoms with Crippen LogP contribution >= 0.6 is 0 Å². The maximum absolute atomic E-state index is 12.2. The predicted octanol–water partition coefficient (Wildman–Crippen LogP) is 1.80. The van der Waals surface area contributed by atoms with Crippen molar-refractivity contribution in [2.45, 2.75) is 31.6 Å². The van der Waals surface area contributed by atoms with Gasteiger partial charge >= 0.3 is 0 Å². The monoisotopic (exact) mass is 276 g/mol. The van der Waals surface area contributed by atoms with Crippen LogP contribution in [0.3, 0.4) is 0 Å². The van der Waals surface area contributed by atoms with Crippen molar-refractivity contribution in [2.24, 2.45) is 11.7 Å². The third kappa shape index (κ3) is 2.70. The van der Waals surface area contributed by atoms with Gasteiger partial charge in [-0.15, -0.1) is 0 Å². The number of nitrogens with two attached hydrogens (primary N) is 1. The molecule has 1 aromatic rings. The average Bonchev–Trinajstić information content (AvgIpc) is 3.17. The van der Waals surface area contributed by atoms with E-state index in [2.05, 4.69) is 5.32 Å². The van der Waals surface area contributed by atoms with E-state index in [1.807, 2.05) is 24.3 Å². The Bertz CT molecular complexity index is 488. The Kier molecular flexibility index (Phi) is 3.50. The molecule has 1 aliphatic heterocycles. The number of hydrogen-bond donors (Lipinski definition) is 2. The molecule has 5 nitrogen and oxygen atoms in total. The van der Waals surface area contributed by atoms with Crippen molar-refractivity contribution in [3.8, 4) is 0 Å². The lowest BCUT2D eigenvalue weighted by Gasteiger charge is -2.23. The topological polar surface area (TPSA) is 73.6 Å². The van der Waals surface area contributed by atoms with Gasteiger partial charge in [0.15, 0.2) is 6.29 Å². The molecular formula is C15H20N2O3. The van der Waals surface area contributed by atoms with Crippen LogP contribution in [0.4, 0.5) is 5.69 Å². The first-order valence-electron chi connectivity index (χ1n) is 7.01. The number of rotatable bonds is 4. The number of carbonyl (C=O) groups excluding carboxylic acids is 1. The molecule has 2 aliphatic rings. The van der Waals surface area contributed by atoms with E-state index in [-0.39, 0.29) is 12.2 Å². The minimum atomic E-state index is -0.781. The van der Waals surface area contributed by atoms with Crippen molar-refractivity contribution in [1.82, 2.24) is 0 Å². The molecule has 0 aromatic heterocycles. The highest BCUT2D eigenvalue weighted by molar-refractivity contribution is 5.98. The summed E-state index contributed by atoms with van der Waals surface area (Å²) in [6.07, 6.45) is 1.79. The lowest BCUT2D eigenvalue weighted by molar-refractivity contribution is -0.121. The summed E-state index contributed by atoms with van der Waals surface area (Å²) in [4.78, 5) is 12.2. The molecule has 1 saturated heterocycles. The number of ether oxygens (including phenoxy) is 2. The lowest BCUT2D eigenvalue weighted by Crippen LogP contribution is -2.50. The minimum absolute atomic E-state index is 0.124. The molecule has 108 valence electrons. The smallest absolute Gasteiger partial charge is 0.244 e. The number of anilines is 1. The van der Waals surface area contributed by atoms with Crippen LogP contribution in [0.25, 0.3) is 0 Å².